The van der Waals surface area contributed by atoms with Gasteiger partial charge in [0.1, 0.15) is 6.54 Å². The third-order valence-corrected chi connectivity index (χ3v) is 2.66. The number of nitrogens with one attached hydrogen (secondary N) is 2. The molecule has 1 amide bonds. The number of hydrogen-bond donors (Lipinski definition) is 3. The summed E-state index contributed by atoms with van der Waals surface area (Å²) in [6.07, 6.45) is 4.72. The maximum absolute atomic E-state index is 11.4. The van der Waals surface area contributed by atoms with Crippen molar-refractivity contribution in [2.75, 3.05) is 4.72 Å². The normalized spacial score (nSPS) is 15.6. The Balaban J connectivity index is 1.91. The van der Waals surface area contributed by atoms with Crippen molar-refractivity contribution < 1.29 is 13.2 Å². The van der Waals surface area contributed by atoms with Crippen LogP contribution in [0.2, 0.25) is 0 Å². The van der Waals surface area contributed by atoms with Crippen molar-refractivity contribution in [3.63, 3.8) is 0 Å². The maximum atomic E-state index is 11.4. The summed E-state index contributed by atoms with van der Waals surface area (Å²) in [5, 5.41) is 11.4. The van der Waals surface area contributed by atoms with Crippen molar-refractivity contribution in [3.8, 4) is 0 Å². The molecule has 0 radical (unpaired) electrons. The summed E-state index contributed by atoms with van der Waals surface area (Å²) >= 11 is 0. The Labute approximate surface area is 98.4 Å². The first kappa shape index (κ1) is 11.9. The zero-order valence-electron chi connectivity index (χ0n) is 8.96. The molecule has 1 aliphatic carbocycles. The molecule has 1 saturated carbocycles. The minimum Gasteiger partial charge on any atom is -0.352 e. The molecular formula is C8H13N5O3S. The molecule has 1 aromatic rings. The molecule has 0 aliphatic heterocycles. The van der Waals surface area contributed by atoms with Gasteiger partial charge in [0.15, 0.2) is 0 Å². The lowest BCUT2D eigenvalue weighted by molar-refractivity contribution is -0.122. The number of carbonyl (C=O) groups excluding carboxylic acids is 1. The Hall–Kier alpha value is -1.61. The minimum absolute atomic E-state index is 0.0583. The van der Waals surface area contributed by atoms with Gasteiger partial charge in [-0.1, -0.05) is 0 Å². The van der Waals surface area contributed by atoms with Gasteiger partial charge in [-0.25, -0.2) is 5.14 Å². The van der Waals surface area contributed by atoms with E-state index in [4.69, 9.17) is 5.14 Å². The van der Waals surface area contributed by atoms with Crippen molar-refractivity contribution in [1.82, 2.24) is 15.1 Å². The summed E-state index contributed by atoms with van der Waals surface area (Å²) in [6, 6.07) is 0.292. The average molecular weight is 259 g/mol. The molecule has 0 aromatic carbocycles. The van der Waals surface area contributed by atoms with Crippen LogP contribution in [0.1, 0.15) is 12.8 Å². The molecule has 1 fully saturated rings. The molecule has 0 spiro atoms. The Morgan fingerprint density at radius 3 is 2.88 bits per heavy atom. The van der Waals surface area contributed by atoms with E-state index < -0.39 is 10.2 Å². The number of aromatic nitrogens is 2. The van der Waals surface area contributed by atoms with Gasteiger partial charge in [0, 0.05) is 12.2 Å². The van der Waals surface area contributed by atoms with E-state index in [9.17, 15) is 13.2 Å². The van der Waals surface area contributed by atoms with E-state index in [0.717, 1.165) is 12.8 Å². The Morgan fingerprint density at radius 1 is 1.59 bits per heavy atom. The summed E-state index contributed by atoms with van der Waals surface area (Å²) in [5.74, 6) is -0.141. The fraction of sp³-hybridized carbons (Fsp3) is 0.500. The second-order valence-corrected chi connectivity index (χ2v) is 5.21. The van der Waals surface area contributed by atoms with Gasteiger partial charge >= 0.3 is 0 Å². The predicted molar refractivity (Wildman–Crippen MR) is 60.1 cm³/mol. The SMILES string of the molecule is NS(=O)(=O)Nc1cnn(CC(=O)NC2CC2)c1. The van der Waals surface area contributed by atoms with Crippen LogP contribution in [-0.4, -0.2) is 30.1 Å². The molecule has 8 nitrogen and oxygen atoms in total. The van der Waals surface area contributed by atoms with Gasteiger partial charge in [-0.15, -0.1) is 0 Å². The lowest BCUT2D eigenvalue weighted by Crippen LogP contribution is -2.29. The van der Waals surface area contributed by atoms with Gasteiger partial charge < -0.3 is 5.32 Å². The van der Waals surface area contributed by atoms with Gasteiger partial charge in [-0.3, -0.25) is 14.2 Å². The van der Waals surface area contributed by atoms with Gasteiger partial charge in [-0.2, -0.15) is 13.5 Å². The van der Waals surface area contributed by atoms with E-state index in [1.165, 1.54) is 17.1 Å². The molecule has 0 unspecified atom stereocenters. The summed E-state index contributed by atoms with van der Waals surface area (Å²) < 4.78 is 24.9. The molecule has 2 rings (SSSR count). The number of rotatable bonds is 5. The van der Waals surface area contributed by atoms with Crippen LogP contribution in [0, 0.1) is 0 Å². The van der Waals surface area contributed by atoms with E-state index in [0.29, 0.717) is 6.04 Å². The highest BCUT2D eigenvalue weighted by molar-refractivity contribution is 7.90. The Bertz CT molecular complexity index is 519. The fourth-order valence-corrected chi connectivity index (χ4v) is 1.75. The first-order valence-electron chi connectivity index (χ1n) is 5.05. The largest absolute Gasteiger partial charge is 0.352 e. The van der Waals surface area contributed by atoms with Gasteiger partial charge in [0.25, 0.3) is 10.2 Å². The smallest absolute Gasteiger partial charge is 0.296 e. The number of carbonyl (C=O) groups is 1. The van der Waals surface area contributed by atoms with E-state index >= 15 is 0 Å². The average Bonchev–Trinajstić information content (AvgIpc) is 2.86. The second-order valence-electron chi connectivity index (χ2n) is 3.92. The molecule has 0 bridgehead atoms. The lowest BCUT2D eigenvalue weighted by atomic mass is 10.5. The first-order chi connectivity index (χ1) is 7.92. The molecule has 0 saturated heterocycles. The van der Waals surface area contributed by atoms with Crippen LogP contribution in [0.25, 0.3) is 0 Å². The molecule has 17 heavy (non-hydrogen) atoms. The van der Waals surface area contributed by atoms with E-state index in [1.54, 1.807) is 0 Å². The molecule has 4 N–H and O–H groups in total. The number of amides is 1. The molecule has 0 atom stereocenters. The highest BCUT2D eigenvalue weighted by Gasteiger charge is 2.23. The second kappa shape index (κ2) is 4.34. The Morgan fingerprint density at radius 2 is 2.29 bits per heavy atom. The lowest BCUT2D eigenvalue weighted by Gasteiger charge is -2.02. The monoisotopic (exact) mass is 259 g/mol. The summed E-state index contributed by atoms with van der Waals surface area (Å²) in [5.41, 5.74) is 0.228. The van der Waals surface area contributed by atoms with Crippen molar-refractivity contribution in [2.24, 2.45) is 5.14 Å². The van der Waals surface area contributed by atoms with Crippen molar-refractivity contribution >= 4 is 21.8 Å². The number of hydrogen-bond acceptors (Lipinski definition) is 4. The van der Waals surface area contributed by atoms with Crippen LogP contribution in [0.5, 0.6) is 0 Å². The molecule has 9 heteroatoms. The van der Waals surface area contributed by atoms with Gasteiger partial charge in [-0.05, 0) is 12.8 Å². The van der Waals surface area contributed by atoms with Crippen LogP contribution in [0.4, 0.5) is 5.69 Å². The standard InChI is InChI=1S/C8H13N5O3S/c9-17(15,16)12-7-3-10-13(4-7)5-8(14)11-6-1-2-6/h3-4,6,12H,1-2,5H2,(H,11,14)(H2,9,15,16). The van der Waals surface area contributed by atoms with E-state index in [2.05, 4.69) is 15.1 Å². The van der Waals surface area contributed by atoms with Crippen molar-refractivity contribution in [3.05, 3.63) is 12.4 Å². The van der Waals surface area contributed by atoms with Crippen LogP contribution in [0.15, 0.2) is 12.4 Å². The zero-order chi connectivity index (χ0) is 12.5. The molecule has 1 aliphatic rings. The van der Waals surface area contributed by atoms with E-state index in [1.807, 2.05) is 0 Å². The predicted octanol–water partition coefficient (Wildman–Crippen LogP) is -1.22. The summed E-state index contributed by atoms with van der Waals surface area (Å²) in [4.78, 5) is 11.4. The quantitative estimate of drug-likeness (QED) is 0.613. The number of nitrogens with two attached hydrogens (primary N) is 1. The summed E-state index contributed by atoms with van der Waals surface area (Å²) in [6.45, 7) is 0.0583. The van der Waals surface area contributed by atoms with Gasteiger partial charge in [0.2, 0.25) is 5.91 Å². The van der Waals surface area contributed by atoms with Crippen LogP contribution >= 0.6 is 0 Å². The zero-order valence-corrected chi connectivity index (χ0v) is 9.77. The maximum Gasteiger partial charge on any atom is 0.296 e. The van der Waals surface area contributed by atoms with E-state index in [-0.39, 0.29) is 18.1 Å². The highest BCUT2D eigenvalue weighted by atomic mass is 32.2. The molecule has 1 heterocycles. The molecular weight excluding hydrogens is 246 g/mol. The van der Waals surface area contributed by atoms with Crippen LogP contribution < -0.4 is 15.2 Å². The fourth-order valence-electron chi connectivity index (χ4n) is 1.32. The first-order valence-corrected chi connectivity index (χ1v) is 6.59. The number of nitrogens with zero attached hydrogens (tertiary/aromatic N) is 2. The van der Waals surface area contributed by atoms with Crippen LogP contribution in [-0.2, 0) is 21.5 Å². The highest BCUT2D eigenvalue weighted by Crippen LogP contribution is 2.18. The molecule has 1 aromatic heterocycles. The van der Waals surface area contributed by atoms with Crippen molar-refractivity contribution in [2.45, 2.75) is 25.4 Å². The summed E-state index contributed by atoms with van der Waals surface area (Å²) in [7, 11) is -3.81. The van der Waals surface area contributed by atoms with Crippen molar-refractivity contribution in [1.29, 1.82) is 0 Å². The van der Waals surface area contributed by atoms with Crippen LogP contribution in [0.3, 0.4) is 0 Å². The number of anilines is 1. The third kappa shape index (κ3) is 4.04. The molecule has 94 valence electrons. The Kier molecular flexibility index (Phi) is 3.03. The topological polar surface area (TPSA) is 119 Å². The minimum atomic E-state index is -3.81. The third-order valence-electron chi connectivity index (χ3n) is 2.14. The van der Waals surface area contributed by atoms with Gasteiger partial charge in [0.05, 0.1) is 11.9 Å².